The summed E-state index contributed by atoms with van der Waals surface area (Å²) >= 11 is 0. The number of benzene rings is 1. The Balaban J connectivity index is 3.33. The fraction of sp³-hybridized carbons (Fsp3) is 0.273. The predicted molar refractivity (Wildman–Crippen MR) is 66.3 cm³/mol. The highest BCUT2D eigenvalue weighted by atomic mass is 32.2. The second-order valence-corrected chi connectivity index (χ2v) is 5.90. The molecule has 0 bridgehead atoms. The van der Waals surface area contributed by atoms with Crippen molar-refractivity contribution >= 4 is 15.7 Å². The fourth-order valence-corrected chi connectivity index (χ4v) is 2.67. The van der Waals surface area contributed by atoms with Gasteiger partial charge in [-0.25, -0.2) is 12.8 Å². The molecule has 1 aromatic carbocycles. The summed E-state index contributed by atoms with van der Waals surface area (Å²) in [5, 5.41) is 10.6. The van der Waals surface area contributed by atoms with Gasteiger partial charge in [0, 0.05) is 12.1 Å². The SMILES string of the molecule is C#CC(C)(C)NS(=O)(=O)c1cc([N+](=O)[O-])ccc1F. The third kappa shape index (κ3) is 3.49. The van der Waals surface area contributed by atoms with E-state index < -0.39 is 36.9 Å². The Hall–Kier alpha value is -1.98. The first-order chi connectivity index (χ1) is 8.59. The summed E-state index contributed by atoms with van der Waals surface area (Å²) < 4.78 is 39.5. The molecule has 0 aliphatic rings. The van der Waals surface area contributed by atoms with Crippen molar-refractivity contribution in [3.8, 4) is 12.3 Å². The average Bonchev–Trinajstić information content (AvgIpc) is 2.27. The number of halogens is 1. The van der Waals surface area contributed by atoms with Crippen LogP contribution < -0.4 is 4.72 Å². The molecule has 0 atom stereocenters. The molecule has 0 aliphatic carbocycles. The number of nitro groups is 1. The van der Waals surface area contributed by atoms with E-state index in [9.17, 15) is 22.9 Å². The van der Waals surface area contributed by atoms with Gasteiger partial charge in [0.2, 0.25) is 10.0 Å². The van der Waals surface area contributed by atoms with Gasteiger partial charge in [-0.05, 0) is 19.9 Å². The molecular formula is C11H11FN2O4S. The van der Waals surface area contributed by atoms with Gasteiger partial charge >= 0.3 is 0 Å². The van der Waals surface area contributed by atoms with Gasteiger partial charge in [0.05, 0.1) is 10.5 Å². The molecule has 0 aliphatic heterocycles. The van der Waals surface area contributed by atoms with Gasteiger partial charge in [-0.3, -0.25) is 10.1 Å². The minimum atomic E-state index is -4.29. The second kappa shape index (κ2) is 4.95. The molecule has 1 aromatic rings. The monoisotopic (exact) mass is 286 g/mol. The van der Waals surface area contributed by atoms with E-state index in [-0.39, 0.29) is 0 Å². The number of sulfonamides is 1. The molecule has 1 N–H and O–H groups in total. The number of hydrogen-bond donors (Lipinski definition) is 1. The topological polar surface area (TPSA) is 89.3 Å². The van der Waals surface area contributed by atoms with Gasteiger partial charge in [-0.1, -0.05) is 5.92 Å². The number of rotatable bonds is 4. The van der Waals surface area contributed by atoms with Gasteiger partial charge in [-0.15, -0.1) is 6.42 Å². The molecule has 0 spiro atoms. The summed E-state index contributed by atoms with van der Waals surface area (Å²) in [5.41, 5.74) is -1.77. The zero-order valence-electron chi connectivity index (χ0n) is 10.2. The highest BCUT2D eigenvalue weighted by Gasteiger charge is 2.28. The van der Waals surface area contributed by atoms with E-state index in [0.717, 1.165) is 12.1 Å². The van der Waals surface area contributed by atoms with Crippen LogP contribution in [-0.2, 0) is 10.0 Å². The first-order valence-corrected chi connectivity index (χ1v) is 6.53. The van der Waals surface area contributed by atoms with Crippen molar-refractivity contribution in [1.29, 1.82) is 0 Å². The Morgan fingerprint density at radius 2 is 2.05 bits per heavy atom. The second-order valence-electron chi connectivity index (χ2n) is 4.25. The van der Waals surface area contributed by atoms with Crippen LogP contribution in [0.1, 0.15) is 13.8 Å². The lowest BCUT2D eigenvalue weighted by Crippen LogP contribution is -2.42. The smallest absolute Gasteiger partial charge is 0.258 e. The van der Waals surface area contributed by atoms with Gasteiger partial charge in [0.1, 0.15) is 10.7 Å². The van der Waals surface area contributed by atoms with E-state index in [1.165, 1.54) is 13.8 Å². The molecule has 0 aromatic heterocycles. The van der Waals surface area contributed by atoms with Crippen LogP contribution in [0.3, 0.4) is 0 Å². The van der Waals surface area contributed by atoms with Crippen LogP contribution in [0, 0.1) is 28.3 Å². The van der Waals surface area contributed by atoms with Crippen LogP contribution in [0.2, 0.25) is 0 Å². The Bertz CT molecular complexity index is 662. The lowest BCUT2D eigenvalue weighted by Gasteiger charge is -2.19. The quantitative estimate of drug-likeness (QED) is 0.515. The summed E-state index contributed by atoms with van der Waals surface area (Å²) in [6.45, 7) is 2.81. The minimum Gasteiger partial charge on any atom is -0.258 e. The normalized spacial score (nSPS) is 11.9. The van der Waals surface area contributed by atoms with Crippen molar-refractivity contribution in [3.05, 3.63) is 34.1 Å². The third-order valence-corrected chi connectivity index (χ3v) is 3.84. The molecule has 0 fully saturated rings. The highest BCUT2D eigenvalue weighted by Crippen LogP contribution is 2.22. The lowest BCUT2D eigenvalue weighted by molar-refractivity contribution is -0.385. The summed E-state index contributed by atoms with van der Waals surface area (Å²) in [5.74, 6) is 1.09. The van der Waals surface area contributed by atoms with E-state index in [0.29, 0.717) is 6.07 Å². The van der Waals surface area contributed by atoms with Crippen LogP contribution >= 0.6 is 0 Å². The maximum Gasteiger partial charge on any atom is 0.270 e. The summed E-state index contributed by atoms with van der Waals surface area (Å²) in [6, 6.07) is 2.24. The van der Waals surface area contributed by atoms with Crippen molar-refractivity contribution in [2.24, 2.45) is 0 Å². The number of nitrogens with zero attached hydrogens (tertiary/aromatic N) is 1. The molecule has 8 heteroatoms. The maximum atomic E-state index is 13.5. The molecule has 1 rings (SSSR count). The van der Waals surface area contributed by atoms with E-state index in [4.69, 9.17) is 6.42 Å². The zero-order valence-corrected chi connectivity index (χ0v) is 11.0. The summed E-state index contributed by atoms with van der Waals surface area (Å²) in [7, 11) is -4.29. The van der Waals surface area contributed by atoms with Crippen molar-refractivity contribution in [2.45, 2.75) is 24.3 Å². The number of terminal acetylenes is 1. The van der Waals surface area contributed by atoms with Crippen LogP contribution in [-0.4, -0.2) is 18.9 Å². The molecule has 0 radical (unpaired) electrons. The standard InChI is InChI=1S/C11H11FN2O4S/c1-4-11(2,3)13-19(17,18)10-7-8(14(15)16)5-6-9(10)12/h1,5-7,13H,2-3H3. The van der Waals surface area contributed by atoms with Crippen LogP contribution in [0.25, 0.3) is 0 Å². The molecule has 0 heterocycles. The van der Waals surface area contributed by atoms with E-state index >= 15 is 0 Å². The predicted octanol–water partition coefficient (Wildman–Crippen LogP) is 1.42. The molecule has 19 heavy (non-hydrogen) atoms. The van der Waals surface area contributed by atoms with Gasteiger partial charge in [-0.2, -0.15) is 4.72 Å². The summed E-state index contributed by atoms with van der Waals surface area (Å²) in [4.78, 5) is 8.94. The van der Waals surface area contributed by atoms with Crippen molar-refractivity contribution < 1.29 is 17.7 Å². The number of hydrogen-bond acceptors (Lipinski definition) is 4. The Morgan fingerprint density at radius 1 is 1.47 bits per heavy atom. The fourth-order valence-electron chi connectivity index (χ4n) is 1.23. The largest absolute Gasteiger partial charge is 0.270 e. The van der Waals surface area contributed by atoms with E-state index in [2.05, 4.69) is 10.6 Å². The Labute approximate surface area is 109 Å². The molecule has 0 saturated carbocycles. The van der Waals surface area contributed by atoms with Crippen LogP contribution in [0.5, 0.6) is 0 Å². The van der Waals surface area contributed by atoms with Crippen molar-refractivity contribution in [1.82, 2.24) is 4.72 Å². The Morgan fingerprint density at radius 3 is 2.53 bits per heavy atom. The first kappa shape index (κ1) is 15.1. The molecule has 0 saturated heterocycles. The highest BCUT2D eigenvalue weighted by molar-refractivity contribution is 7.89. The van der Waals surface area contributed by atoms with Crippen molar-refractivity contribution in [3.63, 3.8) is 0 Å². The van der Waals surface area contributed by atoms with Crippen molar-refractivity contribution in [2.75, 3.05) is 0 Å². The average molecular weight is 286 g/mol. The maximum absolute atomic E-state index is 13.5. The molecule has 102 valence electrons. The lowest BCUT2D eigenvalue weighted by atomic mass is 10.1. The summed E-state index contributed by atoms with van der Waals surface area (Å²) in [6.07, 6.45) is 5.13. The number of non-ortho nitro benzene ring substituents is 1. The molecule has 0 amide bonds. The zero-order chi connectivity index (χ0) is 14.8. The van der Waals surface area contributed by atoms with Gasteiger partial charge in [0.15, 0.2) is 0 Å². The Kier molecular flexibility index (Phi) is 3.93. The van der Waals surface area contributed by atoms with E-state index in [1.54, 1.807) is 0 Å². The first-order valence-electron chi connectivity index (χ1n) is 5.05. The molecule has 6 nitrogen and oxygen atoms in total. The van der Waals surface area contributed by atoms with Crippen LogP contribution in [0.4, 0.5) is 10.1 Å². The van der Waals surface area contributed by atoms with Gasteiger partial charge < -0.3 is 0 Å². The van der Waals surface area contributed by atoms with Crippen LogP contribution in [0.15, 0.2) is 23.1 Å². The minimum absolute atomic E-state index is 0.528. The third-order valence-electron chi connectivity index (χ3n) is 2.17. The molecular weight excluding hydrogens is 275 g/mol. The molecule has 0 unspecified atom stereocenters. The number of nitro benzene ring substituents is 1. The van der Waals surface area contributed by atoms with E-state index in [1.807, 2.05) is 0 Å². The number of nitrogens with one attached hydrogen (secondary N) is 1. The van der Waals surface area contributed by atoms with Gasteiger partial charge in [0.25, 0.3) is 5.69 Å².